The molecule has 36 heavy (non-hydrogen) atoms. The van der Waals surface area contributed by atoms with Crippen molar-refractivity contribution in [2.24, 2.45) is 0 Å². The average molecular weight is 585 g/mol. The molecule has 2 amide bonds. The van der Waals surface area contributed by atoms with E-state index in [2.05, 4.69) is 21.2 Å². The molecule has 0 spiro atoms. The third-order valence-electron chi connectivity index (χ3n) is 5.28. The summed E-state index contributed by atoms with van der Waals surface area (Å²) in [4.78, 5) is 26.1. The van der Waals surface area contributed by atoms with Crippen LogP contribution in [0.4, 0.5) is 19.7 Å². The van der Waals surface area contributed by atoms with Crippen molar-refractivity contribution in [3.63, 3.8) is 0 Å². The highest BCUT2D eigenvalue weighted by Gasteiger charge is 2.38. The van der Waals surface area contributed by atoms with E-state index in [1.807, 2.05) is 0 Å². The highest BCUT2D eigenvalue weighted by Crippen LogP contribution is 2.36. The Morgan fingerprint density at radius 1 is 1.17 bits per heavy atom. The molecule has 0 aliphatic heterocycles. The number of halogens is 2. The van der Waals surface area contributed by atoms with E-state index in [1.165, 1.54) is 30.1 Å². The molecule has 2 aromatic carbocycles. The van der Waals surface area contributed by atoms with Gasteiger partial charge in [-0.15, -0.1) is 0 Å². The Labute approximate surface area is 219 Å². The first-order valence-corrected chi connectivity index (χ1v) is 13.7. The van der Waals surface area contributed by atoms with Gasteiger partial charge in [-0.3, -0.25) is 5.32 Å². The summed E-state index contributed by atoms with van der Waals surface area (Å²) in [6.45, 7) is 4.65. The van der Waals surface area contributed by atoms with Crippen molar-refractivity contribution in [3.05, 3.63) is 58.1 Å². The number of rotatable bonds is 8. The number of anilines is 1. The largest absolute Gasteiger partial charge is 0.446 e. The number of hydrogen-bond acceptors (Lipinski definition) is 6. The van der Waals surface area contributed by atoms with Gasteiger partial charge in [-0.05, 0) is 75.1 Å². The summed E-state index contributed by atoms with van der Waals surface area (Å²) < 4.78 is 51.5. The fraction of sp³-hybridized carbons (Fsp3) is 0.440. The molecule has 0 unspecified atom stereocenters. The van der Waals surface area contributed by atoms with E-state index in [9.17, 15) is 22.4 Å². The second-order valence-electron chi connectivity index (χ2n) is 9.65. The van der Waals surface area contributed by atoms with Crippen LogP contribution in [0.5, 0.6) is 0 Å². The Balaban J connectivity index is 1.73. The fourth-order valence-corrected chi connectivity index (χ4v) is 5.47. The molecule has 0 bridgehead atoms. The number of nitrogens with zero attached hydrogens (tertiary/aromatic N) is 1. The molecule has 1 aliphatic carbocycles. The summed E-state index contributed by atoms with van der Waals surface area (Å²) in [5, 5.41) is 2.05. The normalized spacial score (nSPS) is 14.6. The van der Waals surface area contributed by atoms with Gasteiger partial charge in [-0.25, -0.2) is 22.4 Å². The Morgan fingerprint density at radius 2 is 1.81 bits per heavy atom. The van der Waals surface area contributed by atoms with Crippen LogP contribution < -0.4 is 5.32 Å². The minimum atomic E-state index is -3.58. The van der Waals surface area contributed by atoms with Crippen LogP contribution in [0.2, 0.25) is 0 Å². The average Bonchev–Trinajstić information content (AvgIpc) is 3.63. The van der Waals surface area contributed by atoms with E-state index in [1.54, 1.807) is 45.0 Å². The molecule has 11 heteroatoms. The fourth-order valence-electron chi connectivity index (χ4n) is 3.35. The summed E-state index contributed by atoms with van der Waals surface area (Å²) in [6.07, 6.45) is -1.85. The Hall–Kier alpha value is -2.66. The van der Waals surface area contributed by atoms with Crippen molar-refractivity contribution in [2.75, 3.05) is 19.0 Å². The molecule has 2 aromatic rings. The Kier molecular flexibility index (Phi) is 8.66. The number of carbonyl (C=O) groups excluding carboxylic acids is 2. The van der Waals surface area contributed by atoms with Gasteiger partial charge >= 0.3 is 12.2 Å². The van der Waals surface area contributed by atoms with E-state index in [0.29, 0.717) is 24.0 Å². The van der Waals surface area contributed by atoms with Gasteiger partial charge in [-0.2, -0.15) is 0 Å². The Morgan fingerprint density at radius 3 is 2.39 bits per heavy atom. The number of ether oxygens (including phenoxy) is 2. The zero-order chi connectivity index (χ0) is 26.7. The van der Waals surface area contributed by atoms with Crippen molar-refractivity contribution >= 4 is 43.6 Å². The van der Waals surface area contributed by atoms with E-state index in [4.69, 9.17) is 9.47 Å². The third kappa shape index (κ3) is 7.67. The van der Waals surface area contributed by atoms with Crippen LogP contribution in [0.15, 0.2) is 51.8 Å². The maximum atomic E-state index is 14.4. The third-order valence-corrected chi connectivity index (χ3v) is 8.17. The van der Waals surface area contributed by atoms with Gasteiger partial charge in [0.05, 0.1) is 16.7 Å². The van der Waals surface area contributed by atoms with Crippen molar-refractivity contribution < 1.29 is 31.9 Å². The maximum Gasteiger partial charge on any atom is 0.411 e. The summed E-state index contributed by atoms with van der Waals surface area (Å²) in [5.74, 6) is 0. The lowest BCUT2D eigenvalue weighted by atomic mass is 10.1. The number of sulfone groups is 1. The van der Waals surface area contributed by atoms with E-state index in [0.717, 1.165) is 4.47 Å². The molecule has 196 valence electrons. The molecule has 1 atom stereocenters. The van der Waals surface area contributed by atoms with E-state index in [-0.39, 0.29) is 17.1 Å². The zero-order valence-corrected chi connectivity index (χ0v) is 23.0. The summed E-state index contributed by atoms with van der Waals surface area (Å²) in [6, 6.07) is 10.9. The molecule has 0 radical (unpaired) electrons. The van der Waals surface area contributed by atoms with Crippen molar-refractivity contribution in [2.45, 2.75) is 62.1 Å². The van der Waals surface area contributed by atoms with Crippen LogP contribution in [0.1, 0.15) is 50.9 Å². The summed E-state index contributed by atoms with van der Waals surface area (Å²) >= 11 is 3.28. The number of hydrogen-bond donors (Lipinski definition) is 1. The molecule has 0 aromatic heterocycles. The van der Waals surface area contributed by atoms with Crippen molar-refractivity contribution in [1.29, 1.82) is 0 Å². The number of nitrogens with one attached hydrogen (secondary N) is 1. The van der Waals surface area contributed by atoms with Crippen molar-refractivity contribution in [1.82, 2.24) is 4.90 Å². The smallest absolute Gasteiger partial charge is 0.411 e. The predicted molar refractivity (Wildman–Crippen MR) is 137 cm³/mol. The van der Waals surface area contributed by atoms with E-state index < -0.39 is 45.7 Å². The van der Waals surface area contributed by atoms with Gasteiger partial charge in [0.1, 0.15) is 12.2 Å². The SMILES string of the molecule is CN(Cc1cc(NC(=O)OC[C@H](F)c2ccc(Br)cc2)ccc1S(=O)(=O)C1CC1)C(=O)OC(C)(C)C. The number of alkyl halides is 1. The molecular weight excluding hydrogens is 555 g/mol. The lowest BCUT2D eigenvalue weighted by Gasteiger charge is -2.25. The lowest BCUT2D eigenvalue weighted by molar-refractivity contribution is 0.0283. The highest BCUT2D eigenvalue weighted by atomic mass is 79.9. The van der Waals surface area contributed by atoms with Crippen LogP contribution in [0.25, 0.3) is 0 Å². The lowest BCUT2D eigenvalue weighted by Crippen LogP contribution is -2.34. The maximum absolute atomic E-state index is 14.4. The summed E-state index contributed by atoms with van der Waals surface area (Å²) in [5.41, 5.74) is 0.229. The predicted octanol–water partition coefficient (Wildman–Crippen LogP) is 6.01. The Bertz CT molecular complexity index is 1210. The van der Waals surface area contributed by atoms with Gasteiger partial charge in [0.15, 0.2) is 16.0 Å². The molecule has 1 N–H and O–H groups in total. The minimum Gasteiger partial charge on any atom is -0.446 e. The molecule has 8 nitrogen and oxygen atoms in total. The minimum absolute atomic E-state index is 0.0586. The summed E-state index contributed by atoms with van der Waals surface area (Å²) in [7, 11) is -2.08. The number of amides is 2. The van der Waals surface area contributed by atoms with Gasteiger partial charge < -0.3 is 14.4 Å². The molecule has 1 fully saturated rings. The molecule has 1 aliphatic rings. The van der Waals surface area contributed by atoms with Crippen LogP contribution in [-0.2, 0) is 25.9 Å². The quantitative estimate of drug-likeness (QED) is 0.407. The second-order valence-corrected chi connectivity index (χ2v) is 12.8. The molecule has 0 saturated heterocycles. The standard InChI is InChI=1S/C25H30BrFN2O6S/c1-25(2,3)35-24(31)29(4)14-17-13-19(9-12-22(17)36(32,33)20-10-11-20)28-23(30)34-15-21(27)16-5-7-18(26)8-6-16/h5-9,12-13,20-21H,10-11,14-15H2,1-4H3,(H,28,30)/t21-/m0/s1. The molecular formula is C25H30BrFN2O6S. The van der Waals surface area contributed by atoms with Crippen LogP contribution in [-0.4, -0.2) is 50.0 Å². The first kappa shape index (κ1) is 27.9. The molecule has 3 rings (SSSR count). The zero-order valence-electron chi connectivity index (χ0n) is 20.6. The van der Waals surface area contributed by atoms with Crippen molar-refractivity contribution in [3.8, 4) is 0 Å². The van der Waals surface area contributed by atoms with Crippen LogP contribution in [0, 0.1) is 0 Å². The van der Waals surface area contributed by atoms with Gasteiger partial charge in [0, 0.05) is 17.2 Å². The van der Waals surface area contributed by atoms with Gasteiger partial charge in [0.2, 0.25) is 0 Å². The van der Waals surface area contributed by atoms with Crippen LogP contribution >= 0.6 is 15.9 Å². The molecule has 1 saturated carbocycles. The second kappa shape index (κ2) is 11.2. The first-order chi connectivity index (χ1) is 16.8. The number of benzene rings is 2. The van der Waals surface area contributed by atoms with Crippen LogP contribution in [0.3, 0.4) is 0 Å². The number of carbonyl (C=O) groups is 2. The highest BCUT2D eigenvalue weighted by molar-refractivity contribution is 9.10. The van der Waals surface area contributed by atoms with E-state index >= 15 is 0 Å². The van der Waals surface area contributed by atoms with Gasteiger partial charge in [0.25, 0.3) is 0 Å². The first-order valence-electron chi connectivity index (χ1n) is 11.4. The molecule has 0 heterocycles. The monoisotopic (exact) mass is 584 g/mol. The van der Waals surface area contributed by atoms with Gasteiger partial charge in [-0.1, -0.05) is 28.1 Å². The topological polar surface area (TPSA) is 102 Å².